The quantitative estimate of drug-likeness (QED) is 0.738. The molecule has 24 heavy (non-hydrogen) atoms. The number of carbonyl (C=O) groups is 1. The van der Waals surface area contributed by atoms with Gasteiger partial charge >= 0.3 is 0 Å². The highest BCUT2D eigenvalue weighted by Gasteiger charge is 2.41. The molecule has 0 aliphatic carbocycles. The second-order valence-corrected chi connectivity index (χ2v) is 7.22. The third-order valence-corrected chi connectivity index (χ3v) is 5.80. The highest BCUT2D eigenvalue weighted by molar-refractivity contribution is 8.01. The maximum Gasteiger partial charge on any atom is 0.241 e. The summed E-state index contributed by atoms with van der Waals surface area (Å²) in [6.07, 6.45) is 3.14. The van der Waals surface area contributed by atoms with E-state index in [1.807, 2.05) is 47.4 Å². The lowest BCUT2D eigenvalue weighted by Crippen LogP contribution is -2.30. The molecule has 1 saturated heterocycles. The summed E-state index contributed by atoms with van der Waals surface area (Å²) < 4.78 is 5.25. The number of carbonyl (C=O) groups excluding carboxylic acids is 1. The van der Waals surface area contributed by atoms with Gasteiger partial charge in [-0.05, 0) is 36.2 Å². The molecule has 0 saturated carbocycles. The lowest BCUT2D eigenvalue weighted by atomic mass is 10.1. The highest BCUT2D eigenvalue weighted by Crippen LogP contribution is 2.47. The molecule has 2 atom stereocenters. The van der Waals surface area contributed by atoms with Crippen LogP contribution in [0.2, 0.25) is 0 Å². The number of hydrogen-bond donors (Lipinski definition) is 0. The summed E-state index contributed by atoms with van der Waals surface area (Å²) in [5, 5.41) is 0.0601. The minimum Gasteiger partial charge on any atom is -0.497 e. The van der Waals surface area contributed by atoms with Gasteiger partial charge in [-0.1, -0.05) is 50.1 Å². The standard InChI is InChI=1S/C20H23NO2S/c1-3-4-10-18-19(22)21(16-8-6-5-7-9-16)20(24-18)15-11-13-17(23-2)14-12-15/h5-9,11-14,18,20H,3-4,10H2,1-2H3. The summed E-state index contributed by atoms with van der Waals surface area (Å²) in [7, 11) is 1.67. The molecule has 3 rings (SSSR count). The zero-order valence-corrected chi connectivity index (χ0v) is 15.0. The van der Waals surface area contributed by atoms with Gasteiger partial charge in [-0.15, -0.1) is 11.8 Å². The van der Waals surface area contributed by atoms with Gasteiger partial charge in [0, 0.05) is 5.69 Å². The molecule has 0 spiro atoms. The van der Waals surface area contributed by atoms with Crippen molar-refractivity contribution < 1.29 is 9.53 Å². The van der Waals surface area contributed by atoms with Crippen molar-refractivity contribution in [2.24, 2.45) is 0 Å². The van der Waals surface area contributed by atoms with E-state index in [0.717, 1.165) is 36.3 Å². The molecular formula is C20H23NO2S. The molecule has 1 amide bonds. The van der Waals surface area contributed by atoms with Crippen LogP contribution < -0.4 is 9.64 Å². The van der Waals surface area contributed by atoms with Gasteiger partial charge < -0.3 is 4.74 Å². The van der Waals surface area contributed by atoms with E-state index >= 15 is 0 Å². The highest BCUT2D eigenvalue weighted by atomic mass is 32.2. The molecule has 2 aromatic rings. The van der Waals surface area contributed by atoms with E-state index in [2.05, 4.69) is 19.1 Å². The first-order valence-corrected chi connectivity index (χ1v) is 9.36. The lowest BCUT2D eigenvalue weighted by molar-refractivity contribution is -0.117. The van der Waals surface area contributed by atoms with Crippen LogP contribution >= 0.6 is 11.8 Å². The maximum absolute atomic E-state index is 13.0. The Labute approximate surface area is 148 Å². The van der Waals surface area contributed by atoms with Crippen LogP contribution in [0.25, 0.3) is 0 Å². The molecule has 1 aliphatic rings. The number of nitrogens with zero attached hydrogens (tertiary/aromatic N) is 1. The van der Waals surface area contributed by atoms with Crippen LogP contribution in [0.1, 0.15) is 37.1 Å². The van der Waals surface area contributed by atoms with Crippen LogP contribution in [0, 0.1) is 0 Å². The summed E-state index contributed by atoms with van der Waals surface area (Å²) in [5.74, 6) is 1.06. The summed E-state index contributed by atoms with van der Waals surface area (Å²) in [6.45, 7) is 2.17. The zero-order valence-electron chi connectivity index (χ0n) is 14.1. The van der Waals surface area contributed by atoms with Crippen molar-refractivity contribution in [1.29, 1.82) is 0 Å². The molecule has 0 aromatic heterocycles. The molecule has 126 valence electrons. The Bertz CT molecular complexity index is 672. The first kappa shape index (κ1) is 16.9. The van der Waals surface area contributed by atoms with Gasteiger partial charge in [0.05, 0.1) is 12.4 Å². The molecule has 3 nitrogen and oxygen atoms in total. The number of methoxy groups -OCH3 is 1. The van der Waals surface area contributed by atoms with Crippen molar-refractivity contribution in [3.8, 4) is 5.75 Å². The lowest BCUT2D eigenvalue weighted by Gasteiger charge is -2.24. The van der Waals surface area contributed by atoms with Crippen molar-refractivity contribution in [2.45, 2.75) is 36.8 Å². The first-order valence-electron chi connectivity index (χ1n) is 8.42. The number of para-hydroxylation sites is 1. The normalized spacial score (nSPS) is 20.4. The largest absolute Gasteiger partial charge is 0.497 e. The van der Waals surface area contributed by atoms with Crippen LogP contribution in [0.3, 0.4) is 0 Å². The number of benzene rings is 2. The van der Waals surface area contributed by atoms with Gasteiger partial charge in [-0.2, -0.15) is 0 Å². The zero-order chi connectivity index (χ0) is 16.9. The average Bonchev–Trinajstić information content (AvgIpc) is 2.97. The van der Waals surface area contributed by atoms with Crippen molar-refractivity contribution in [2.75, 3.05) is 12.0 Å². The van der Waals surface area contributed by atoms with Gasteiger partial charge in [0.25, 0.3) is 0 Å². The molecule has 1 aliphatic heterocycles. The van der Waals surface area contributed by atoms with Crippen LogP contribution in [-0.4, -0.2) is 18.3 Å². The van der Waals surface area contributed by atoms with E-state index in [1.54, 1.807) is 18.9 Å². The van der Waals surface area contributed by atoms with Gasteiger partial charge in [0.15, 0.2) is 0 Å². The number of hydrogen-bond acceptors (Lipinski definition) is 3. The molecule has 4 heteroatoms. The number of ether oxygens (including phenoxy) is 1. The van der Waals surface area contributed by atoms with E-state index in [9.17, 15) is 4.79 Å². The fraction of sp³-hybridized carbons (Fsp3) is 0.350. The predicted molar refractivity (Wildman–Crippen MR) is 101 cm³/mol. The van der Waals surface area contributed by atoms with Gasteiger partial charge in [0.1, 0.15) is 11.1 Å². The molecule has 1 fully saturated rings. The molecule has 2 aromatic carbocycles. The Kier molecular flexibility index (Phi) is 5.46. The summed E-state index contributed by atoms with van der Waals surface area (Å²) in [6, 6.07) is 18.0. The monoisotopic (exact) mass is 341 g/mol. The summed E-state index contributed by atoms with van der Waals surface area (Å²) in [5.41, 5.74) is 2.10. The van der Waals surface area contributed by atoms with Crippen molar-refractivity contribution in [3.05, 3.63) is 60.2 Å². The third-order valence-electron chi connectivity index (χ3n) is 4.30. The van der Waals surface area contributed by atoms with Gasteiger partial charge in [-0.3, -0.25) is 9.69 Å². The SMILES string of the molecule is CCCCC1SC(c2ccc(OC)cc2)N(c2ccccc2)C1=O. The Morgan fingerprint density at radius 3 is 2.42 bits per heavy atom. The number of unbranched alkanes of at least 4 members (excludes halogenated alkanes) is 1. The Hall–Kier alpha value is -1.94. The van der Waals surface area contributed by atoms with E-state index in [-0.39, 0.29) is 16.5 Å². The van der Waals surface area contributed by atoms with E-state index < -0.39 is 0 Å². The summed E-state index contributed by atoms with van der Waals surface area (Å²) in [4.78, 5) is 15.0. The fourth-order valence-corrected chi connectivity index (χ4v) is 4.48. The van der Waals surface area contributed by atoms with Crippen molar-refractivity contribution in [3.63, 3.8) is 0 Å². The van der Waals surface area contributed by atoms with E-state index in [4.69, 9.17) is 4.74 Å². The van der Waals surface area contributed by atoms with Gasteiger partial charge in [0.2, 0.25) is 5.91 Å². The Morgan fingerprint density at radius 1 is 1.08 bits per heavy atom. The molecule has 1 heterocycles. The average molecular weight is 341 g/mol. The number of anilines is 1. The molecule has 2 unspecified atom stereocenters. The smallest absolute Gasteiger partial charge is 0.241 e. The predicted octanol–water partition coefficient (Wildman–Crippen LogP) is 5.03. The van der Waals surface area contributed by atoms with Crippen LogP contribution in [-0.2, 0) is 4.79 Å². The third kappa shape index (κ3) is 3.44. The van der Waals surface area contributed by atoms with E-state index in [0.29, 0.717) is 0 Å². The molecular weight excluding hydrogens is 318 g/mol. The number of amides is 1. The molecule has 0 bridgehead atoms. The van der Waals surface area contributed by atoms with Crippen molar-refractivity contribution in [1.82, 2.24) is 0 Å². The maximum atomic E-state index is 13.0. The van der Waals surface area contributed by atoms with Crippen LogP contribution in [0.4, 0.5) is 5.69 Å². The Morgan fingerprint density at radius 2 is 1.79 bits per heavy atom. The van der Waals surface area contributed by atoms with Crippen LogP contribution in [0.15, 0.2) is 54.6 Å². The number of thioether (sulfide) groups is 1. The topological polar surface area (TPSA) is 29.5 Å². The Balaban J connectivity index is 1.92. The minimum absolute atomic E-state index is 0.0210. The summed E-state index contributed by atoms with van der Waals surface area (Å²) >= 11 is 1.76. The van der Waals surface area contributed by atoms with Crippen molar-refractivity contribution >= 4 is 23.4 Å². The number of rotatable bonds is 6. The first-order chi connectivity index (χ1) is 11.7. The molecule has 0 N–H and O–H groups in total. The van der Waals surface area contributed by atoms with E-state index in [1.165, 1.54) is 0 Å². The second-order valence-electron chi connectivity index (χ2n) is 5.94. The van der Waals surface area contributed by atoms with Crippen LogP contribution in [0.5, 0.6) is 5.75 Å². The molecule has 0 radical (unpaired) electrons. The van der Waals surface area contributed by atoms with Gasteiger partial charge in [-0.25, -0.2) is 0 Å². The second kappa shape index (κ2) is 7.75. The fourth-order valence-electron chi connectivity index (χ4n) is 2.97. The minimum atomic E-state index is 0.0210.